The Kier molecular flexibility index (Phi) is 10.3. The number of nitrogens with one attached hydrogen (secondary N) is 4. The van der Waals surface area contributed by atoms with Gasteiger partial charge in [0.1, 0.15) is 31.7 Å². The van der Waals surface area contributed by atoms with Gasteiger partial charge in [-0.2, -0.15) is 18.2 Å². The van der Waals surface area contributed by atoms with Gasteiger partial charge in [0.2, 0.25) is 11.9 Å². The standard InChI is InChI=1S/C25H30F3N7O7/c1-2-15-12-17(40-13-18(36)29-8-9-30-23(38)25(26,27)28)22(42-15)35-14-31-19-20(35)32-24(33-21(19)37)34-41-11-10-39-16-6-4-3-5-7-16/h3-7,14-15,17,22H,2,8-13H2,1H3,(H,29,36)(H,30,38)(H2,32,33,34,37)/t15-,17+,22-/m1/s1. The molecule has 228 valence electrons. The lowest BCUT2D eigenvalue weighted by molar-refractivity contribution is -0.173. The van der Waals surface area contributed by atoms with E-state index in [1.54, 1.807) is 5.32 Å². The molecule has 2 amide bonds. The van der Waals surface area contributed by atoms with Crippen LogP contribution in [0.3, 0.4) is 0 Å². The van der Waals surface area contributed by atoms with Gasteiger partial charge in [0, 0.05) is 19.5 Å². The van der Waals surface area contributed by atoms with E-state index in [9.17, 15) is 27.6 Å². The molecule has 1 fully saturated rings. The average molecular weight is 598 g/mol. The molecule has 42 heavy (non-hydrogen) atoms. The summed E-state index contributed by atoms with van der Waals surface area (Å²) in [6.45, 7) is 1.26. The van der Waals surface area contributed by atoms with Gasteiger partial charge in [-0.05, 0) is 18.6 Å². The van der Waals surface area contributed by atoms with Crippen LogP contribution >= 0.6 is 0 Å². The van der Waals surface area contributed by atoms with Crippen LogP contribution in [0.5, 0.6) is 5.75 Å². The highest BCUT2D eigenvalue weighted by molar-refractivity contribution is 5.81. The summed E-state index contributed by atoms with van der Waals surface area (Å²) in [5, 5.41) is 4.04. The van der Waals surface area contributed by atoms with Crippen LogP contribution in [0.1, 0.15) is 26.0 Å². The third kappa shape index (κ3) is 8.17. The second kappa shape index (κ2) is 14.1. The van der Waals surface area contributed by atoms with Crippen molar-refractivity contribution < 1.29 is 41.8 Å². The van der Waals surface area contributed by atoms with Crippen molar-refractivity contribution in [2.75, 3.05) is 38.4 Å². The number of halogens is 3. The second-order valence-corrected chi connectivity index (χ2v) is 9.10. The van der Waals surface area contributed by atoms with Gasteiger partial charge in [-0.15, -0.1) is 0 Å². The molecule has 1 aliphatic rings. The van der Waals surface area contributed by atoms with Crippen LogP contribution in [0, 0.1) is 0 Å². The van der Waals surface area contributed by atoms with E-state index in [0.717, 1.165) is 0 Å². The number of fused-ring (bicyclic) bond motifs is 1. The van der Waals surface area contributed by atoms with Gasteiger partial charge in [-0.3, -0.25) is 28.8 Å². The van der Waals surface area contributed by atoms with Crippen molar-refractivity contribution in [2.24, 2.45) is 0 Å². The van der Waals surface area contributed by atoms with Crippen molar-refractivity contribution in [3.05, 3.63) is 47.0 Å². The first-order chi connectivity index (χ1) is 20.2. The SMILES string of the molecule is CC[C@@H]1C[C@H](OCC(=O)NCCNC(=O)C(F)(F)F)[C@H](n2cnc3c(=O)[nH]c(NOCCOc4ccccc4)nc32)O1. The molecule has 17 heteroatoms. The molecule has 0 unspecified atom stereocenters. The maximum Gasteiger partial charge on any atom is 0.471 e. The number of benzene rings is 1. The average Bonchev–Trinajstić information content (AvgIpc) is 3.58. The lowest BCUT2D eigenvalue weighted by atomic mass is 10.1. The molecule has 1 saturated heterocycles. The minimum absolute atomic E-state index is 0.0217. The van der Waals surface area contributed by atoms with E-state index in [0.29, 0.717) is 18.6 Å². The zero-order valence-corrected chi connectivity index (χ0v) is 22.5. The van der Waals surface area contributed by atoms with Crippen molar-refractivity contribution in [1.29, 1.82) is 0 Å². The van der Waals surface area contributed by atoms with Crippen LogP contribution in [-0.2, 0) is 23.9 Å². The van der Waals surface area contributed by atoms with Gasteiger partial charge in [-0.1, -0.05) is 25.1 Å². The third-order valence-electron chi connectivity index (χ3n) is 6.09. The first kappa shape index (κ1) is 30.7. The summed E-state index contributed by atoms with van der Waals surface area (Å²) in [4.78, 5) is 52.1. The number of amides is 2. The van der Waals surface area contributed by atoms with Gasteiger partial charge in [0.25, 0.3) is 5.56 Å². The second-order valence-electron chi connectivity index (χ2n) is 9.10. The van der Waals surface area contributed by atoms with Gasteiger partial charge in [0.05, 0.1) is 12.4 Å². The van der Waals surface area contributed by atoms with E-state index in [4.69, 9.17) is 19.0 Å². The van der Waals surface area contributed by atoms with Gasteiger partial charge in [0.15, 0.2) is 17.4 Å². The van der Waals surface area contributed by atoms with Crippen molar-refractivity contribution >= 4 is 28.9 Å². The van der Waals surface area contributed by atoms with E-state index in [1.807, 2.05) is 37.3 Å². The Balaban J connectivity index is 1.33. The maximum atomic E-state index is 12.6. The van der Waals surface area contributed by atoms with Crippen LogP contribution in [0.15, 0.2) is 41.5 Å². The monoisotopic (exact) mass is 597 g/mol. The fourth-order valence-electron chi connectivity index (χ4n) is 4.08. The highest BCUT2D eigenvalue weighted by Gasteiger charge is 2.39. The molecule has 4 rings (SSSR count). The lowest BCUT2D eigenvalue weighted by Crippen LogP contribution is -2.42. The number of imidazole rings is 1. The van der Waals surface area contributed by atoms with E-state index in [-0.39, 0.29) is 43.0 Å². The number of carbonyl (C=O) groups is 2. The smallest absolute Gasteiger partial charge is 0.471 e. The third-order valence-corrected chi connectivity index (χ3v) is 6.09. The van der Waals surface area contributed by atoms with Crippen LogP contribution < -0.4 is 26.4 Å². The maximum absolute atomic E-state index is 12.6. The lowest BCUT2D eigenvalue weighted by Gasteiger charge is -2.20. The largest absolute Gasteiger partial charge is 0.491 e. The molecule has 0 spiro atoms. The highest BCUT2D eigenvalue weighted by atomic mass is 19.4. The number of rotatable bonds is 14. The van der Waals surface area contributed by atoms with Crippen molar-refractivity contribution in [3.8, 4) is 5.75 Å². The number of anilines is 1. The van der Waals surface area contributed by atoms with Crippen molar-refractivity contribution in [1.82, 2.24) is 30.2 Å². The van der Waals surface area contributed by atoms with Crippen LogP contribution in [0.4, 0.5) is 19.1 Å². The van der Waals surface area contributed by atoms with Gasteiger partial charge in [-0.25, -0.2) is 10.5 Å². The van der Waals surface area contributed by atoms with Crippen LogP contribution in [0.2, 0.25) is 0 Å². The number of hydrogen-bond acceptors (Lipinski definition) is 10. The normalized spacial score (nSPS) is 18.6. The molecule has 0 aliphatic carbocycles. The first-order valence-corrected chi connectivity index (χ1v) is 13.1. The number of para-hydroxylation sites is 1. The van der Waals surface area contributed by atoms with E-state index in [2.05, 4.69) is 25.7 Å². The highest BCUT2D eigenvalue weighted by Crippen LogP contribution is 2.34. The number of aromatic amines is 1. The Morgan fingerprint density at radius 3 is 2.67 bits per heavy atom. The number of H-pyrrole nitrogens is 1. The molecular weight excluding hydrogens is 567 g/mol. The topological polar surface area (TPSA) is 171 Å². The first-order valence-electron chi connectivity index (χ1n) is 13.1. The molecule has 1 aromatic carbocycles. The summed E-state index contributed by atoms with van der Waals surface area (Å²) in [6.07, 6.45) is -4.17. The molecule has 3 atom stereocenters. The zero-order chi connectivity index (χ0) is 30.1. The summed E-state index contributed by atoms with van der Waals surface area (Å²) in [6, 6.07) is 9.18. The molecular formula is C25H30F3N7O7. The van der Waals surface area contributed by atoms with Crippen LogP contribution in [-0.4, -0.2) is 82.6 Å². The Morgan fingerprint density at radius 1 is 1.17 bits per heavy atom. The summed E-state index contributed by atoms with van der Waals surface area (Å²) in [7, 11) is 0. The number of nitrogens with zero attached hydrogens (tertiary/aromatic N) is 3. The fraction of sp³-hybridized carbons (Fsp3) is 0.480. The summed E-state index contributed by atoms with van der Waals surface area (Å²) >= 11 is 0. The van der Waals surface area contributed by atoms with Crippen LogP contribution in [0.25, 0.3) is 11.2 Å². The molecule has 3 aromatic rings. The van der Waals surface area contributed by atoms with E-state index in [1.165, 1.54) is 10.9 Å². The number of carbonyl (C=O) groups excluding carboxylic acids is 2. The summed E-state index contributed by atoms with van der Waals surface area (Å²) < 4.78 is 55.7. The molecule has 0 radical (unpaired) electrons. The molecule has 0 bridgehead atoms. The van der Waals surface area contributed by atoms with Crippen molar-refractivity contribution in [2.45, 2.75) is 44.4 Å². The quantitative estimate of drug-likeness (QED) is 0.157. The Bertz CT molecular complexity index is 1400. The Hall–Kier alpha value is -4.22. The molecule has 14 nitrogen and oxygen atoms in total. The molecule has 4 N–H and O–H groups in total. The number of aromatic nitrogens is 4. The van der Waals surface area contributed by atoms with Gasteiger partial charge < -0.3 is 24.8 Å². The predicted octanol–water partition coefficient (Wildman–Crippen LogP) is 1.42. The molecule has 0 saturated carbocycles. The zero-order valence-electron chi connectivity index (χ0n) is 22.5. The predicted molar refractivity (Wildman–Crippen MR) is 140 cm³/mol. The molecule has 1 aliphatic heterocycles. The molecule has 3 heterocycles. The van der Waals surface area contributed by atoms with Crippen molar-refractivity contribution in [3.63, 3.8) is 0 Å². The number of ether oxygens (including phenoxy) is 3. The van der Waals surface area contributed by atoms with E-state index < -0.39 is 49.0 Å². The van der Waals surface area contributed by atoms with E-state index >= 15 is 0 Å². The minimum atomic E-state index is -5.00. The number of alkyl halides is 3. The summed E-state index contributed by atoms with van der Waals surface area (Å²) in [5.41, 5.74) is 2.29. The Labute approximate surface area is 236 Å². The molecule has 2 aromatic heterocycles. The minimum Gasteiger partial charge on any atom is -0.491 e. The number of hydrogen-bond donors (Lipinski definition) is 4. The fourth-order valence-corrected chi connectivity index (χ4v) is 4.08. The van der Waals surface area contributed by atoms with Gasteiger partial charge >= 0.3 is 12.1 Å². The summed E-state index contributed by atoms with van der Waals surface area (Å²) in [5.74, 6) is -1.98. The Morgan fingerprint density at radius 2 is 1.93 bits per heavy atom.